The maximum Gasteiger partial charge on any atom is 0.371 e. The van der Waals surface area contributed by atoms with Crippen molar-refractivity contribution >= 4 is 5.97 Å². The lowest BCUT2D eigenvalue weighted by Gasteiger charge is -2.22. The second-order valence-corrected chi connectivity index (χ2v) is 7.37. The molecule has 0 aliphatic heterocycles. The van der Waals surface area contributed by atoms with Crippen LogP contribution in [0.2, 0.25) is 0 Å². The number of benzene rings is 2. The van der Waals surface area contributed by atoms with Gasteiger partial charge >= 0.3 is 5.97 Å². The van der Waals surface area contributed by atoms with E-state index >= 15 is 0 Å². The van der Waals surface area contributed by atoms with Crippen LogP contribution in [0.3, 0.4) is 0 Å². The van der Waals surface area contributed by atoms with Crippen molar-refractivity contribution in [3.63, 3.8) is 0 Å². The number of aryl methyl sites for hydroxylation is 1. The van der Waals surface area contributed by atoms with Crippen LogP contribution in [0.25, 0.3) is 11.1 Å². The number of carboxylic acids is 1. The number of ether oxygens (including phenoxy) is 1. The van der Waals surface area contributed by atoms with Crippen LogP contribution in [0.4, 0.5) is 0 Å². The van der Waals surface area contributed by atoms with Crippen molar-refractivity contribution in [2.45, 2.75) is 19.6 Å². The van der Waals surface area contributed by atoms with E-state index in [1.807, 2.05) is 54.9 Å². The molecule has 160 valence electrons. The van der Waals surface area contributed by atoms with Gasteiger partial charge in [0.05, 0.1) is 29.9 Å². The summed E-state index contributed by atoms with van der Waals surface area (Å²) in [5.41, 5.74) is 5.01. The number of imidazole rings is 1. The van der Waals surface area contributed by atoms with Gasteiger partial charge in [0.25, 0.3) is 0 Å². The highest BCUT2D eigenvalue weighted by Gasteiger charge is 2.24. The van der Waals surface area contributed by atoms with E-state index in [2.05, 4.69) is 11.1 Å². The number of carboxylic acid groups (broad SMARTS) is 1. The molecule has 2 heterocycles. The Hall–Kier alpha value is -4.15. The highest BCUT2D eigenvalue weighted by molar-refractivity contribution is 5.84. The molecular formula is C25H21N3O4. The first-order valence-corrected chi connectivity index (χ1v) is 9.98. The number of carbonyl (C=O) groups is 1. The summed E-state index contributed by atoms with van der Waals surface area (Å²) >= 11 is 0. The number of aromatic nitrogens is 2. The van der Waals surface area contributed by atoms with Gasteiger partial charge in [0.2, 0.25) is 5.76 Å². The lowest BCUT2D eigenvalue weighted by atomic mass is 9.89. The normalized spacial score (nSPS) is 11.8. The summed E-state index contributed by atoms with van der Waals surface area (Å²) < 4.78 is 13.5. The van der Waals surface area contributed by atoms with Gasteiger partial charge in [-0.25, -0.2) is 9.78 Å². The highest BCUT2D eigenvalue weighted by Crippen LogP contribution is 2.36. The van der Waals surface area contributed by atoms with Crippen LogP contribution in [0.5, 0.6) is 0 Å². The maximum atomic E-state index is 11.1. The molecule has 0 spiro atoms. The molecule has 2 aromatic carbocycles. The summed E-state index contributed by atoms with van der Waals surface area (Å²) in [5, 5.41) is 18.8. The van der Waals surface area contributed by atoms with Crippen molar-refractivity contribution in [1.82, 2.24) is 9.55 Å². The van der Waals surface area contributed by atoms with E-state index in [1.54, 1.807) is 24.7 Å². The van der Waals surface area contributed by atoms with Crippen molar-refractivity contribution in [2.75, 3.05) is 0 Å². The smallest absolute Gasteiger partial charge is 0.371 e. The molecule has 2 aromatic heterocycles. The zero-order valence-electron chi connectivity index (χ0n) is 17.6. The maximum absolute atomic E-state index is 11.1. The minimum atomic E-state index is -1.13. The molecule has 0 amide bonds. The summed E-state index contributed by atoms with van der Waals surface area (Å²) in [6, 6.07) is 18.7. The first-order valence-electron chi connectivity index (χ1n) is 9.98. The van der Waals surface area contributed by atoms with Gasteiger partial charge in [-0.2, -0.15) is 5.26 Å². The average Bonchev–Trinajstić information content (AvgIpc) is 3.44. The van der Waals surface area contributed by atoms with Gasteiger partial charge in [0.1, 0.15) is 18.5 Å². The van der Waals surface area contributed by atoms with Crippen molar-refractivity contribution in [3.8, 4) is 17.2 Å². The monoisotopic (exact) mass is 427 g/mol. The Morgan fingerprint density at radius 3 is 2.62 bits per heavy atom. The number of nitriles is 1. The molecule has 0 fully saturated rings. The lowest BCUT2D eigenvalue weighted by Crippen LogP contribution is -2.12. The van der Waals surface area contributed by atoms with Gasteiger partial charge in [0, 0.05) is 12.6 Å². The molecule has 0 bridgehead atoms. The van der Waals surface area contributed by atoms with E-state index < -0.39 is 12.1 Å². The average molecular weight is 427 g/mol. The Balaban J connectivity index is 1.77. The molecule has 1 atom stereocenters. The zero-order valence-corrected chi connectivity index (χ0v) is 17.6. The fraction of sp³-hybridized carbons (Fsp3) is 0.160. The largest absolute Gasteiger partial charge is 0.475 e. The predicted octanol–water partition coefficient (Wildman–Crippen LogP) is 4.86. The van der Waals surface area contributed by atoms with Crippen LogP contribution in [-0.4, -0.2) is 20.6 Å². The zero-order chi connectivity index (χ0) is 22.7. The summed E-state index contributed by atoms with van der Waals surface area (Å²) in [6.07, 6.45) is 2.92. The number of hydrogen-bond donors (Lipinski definition) is 1. The van der Waals surface area contributed by atoms with Crippen LogP contribution < -0.4 is 0 Å². The van der Waals surface area contributed by atoms with E-state index in [9.17, 15) is 10.1 Å². The van der Waals surface area contributed by atoms with Crippen molar-refractivity contribution in [1.29, 1.82) is 5.26 Å². The Labute approximate surface area is 185 Å². The van der Waals surface area contributed by atoms with Gasteiger partial charge in [0.15, 0.2) is 0 Å². The first-order chi connectivity index (χ1) is 15.5. The number of nitrogens with zero attached hydrogens (tertiary/aromatic N) is 3. The topological polar surface area (TPSA) is 101 Å². The fourth-order valence-electron chi connectivity index (χ4n) is 3.77. The van der Waals surface area contributed by atoms with Crippen molar-refractivity contribution < 1.29 is 19.1 Å². The molecule has 4 rings (SSSR count). The van der Waals surface area contributed by atoms with E-state index in [0.29, 0.717) is 11.3 Å². The van der Waals surface area contributed by atoms with Crippen LogP contribution in [0, 0.1) is 18.3 Å². The third-order valence-corrected chi connectivity index (χ3v) is 5.36. The van der Waals surface area contributed by atoms with Gasteiger partial charge in [-0.1, -0.05) is 36.4 Å². The van der Waals surface area contributed by atoms with Gasteiger partial charge in [-0.05, 0) is 41.8 Å². The number of hydrogen-bond acceptors (Lipinski definition) is 5. The Kier molecular flexibility index (Phi) is 5.88. The standard InChI is InChI=1S/C25H21N3O4/c1-16-20(10-8-18(12-26)23(16)17-6-4-3-5-7-17)24(21-13-27-15-28(21)2)31-14-19-9-11-22(32-19)25(29)30/h3-11,13,15,24H,14H2,1-2H3,(H,29,30). The quantitative estimate of drug-likeness (QED) is 0.452. The Morgan fingerprint density at radius 2 is 2.00 bits per heavy atom. The molecular weight excluding hydrogens is 406 g/mol. The number of furan rings is 1. The van der Waals surface area contributed by atoms with Gasteiger partial charge in [-0.3, -0.25) is 0 Å². The predicted molar refractivity (Wildman–Crippen MR) is 117 cm³/mol. The number of aromatic carboxylic acids is 1. The van der Waals surface area contributed by atoms with Crippen LogP contribution in [-0.2, 0) is 18.4 Å². The number of rotatable bonds is 7. The SMILES string of the molecule is Cc1c(C(OCc2ccc(C(=O)O)o2)c2cncn2C)ccc(C#N)c1-c1ccccc1. The summed E-state index contributed by atoms with van der Waals surface area (Å²) in [5.74, 6) is -0.861. The minimum Gasteiger partial charge on any atom is -0.475 e. The molecule has 0 aliphatic carbocycles. The third kappa shape index (κ3) is 4.04. The second-order valence-electron chi connectivity index (χ2n) is 7.37. The summed E-state index contributed by atoms with van der Waals surface area (Å²) in [4.78, 5) is 15.3. The molecule has 7 nitrogen and oxygen atoms in total. The second kappa shape index (κ2) is 8.92. The Morgan fingerprint density at radius 1 is 1.22 bits per heavy atom. The molecule has 0 radical (unpaired) electrons. The van der Waals surface area contributed by atoms with Gasteiger partial charge in [-0.15, -0.1) is 0 Å². The van der Waals surface area contributed by atoms with Gasteiger partial charge < -0.3 is 18.8 Å². The Bertz CT molecular complexity index is 1300. The summed E-state index contributed by atoms with van der Waals surface area (Å²) in [6.45, 7) is 2.05. The molecule has 32 heavy (non-hydrogen) atoms. The molecule has 1 unspecified atom stereocenters. The minimum absolute atomic E-state index is 0.0727. The van der Waals surface area contributed by atoms with Crippen molar-refractivity contribution in [3.05, 3.63) is 101 Å². The lowest BCUT2D eigenvalue weighted by molar-refractivity contribution is 0.0481. The van der Waals surface area contributed by atoms with Crippen LogP contribution in [0.15, 0.2) is 71.5 Å². The third-order valence-electron chi connectivity index (χ3n) is 5.36. The molecule has 0 saturated heterocycles. The summed E-state index contributed by atoms with van der Waals surface area (Å²) in [7, 11) is 1.88. The molecule has 0 aliphatic rings. The highest BCUT2D eigenvalue weighted by atomic mass is 16.5. The van der Waals surface area contributed by atoms with E-state index in [-0.39, 0.29) is 12.4 Å². The molecule has 7 heteroatoms. The van der Waals surface area contributed by atoms with Crippen LogP contribution >= 0.6 is 0 Å². The molecule has 0 saturated carbocycles. The molecule has 4 aromatic rings. The first kappa shape index (κ1) is 21.1. The van der Waals surface area contributed by atoms with E-state index in [1.165, 1.54) is 6.07 Å². The van der Waals surface area contributed by atoms with Crippen LogP contribution in [0.1, 0.15) is 44.8 Å². The fourth-order valence-corrected chi connectivity index (χ4v) is 3.77. The van der Waals surface area contributed by atoms with E-state index in [0.717, 1.165) is 27.9 Å². The molecule has 1 N–H and O–H groups in total. The van der Waals surface area contributed by atoms with E-state index in [4.69, 9.17) is 14.3 Å². The van der Waals surface area contributed by atoms with Crippen molar-refractivity contribution in [2.24, 2.45) is 7.05 Å².